The highest BCUT2D eigenvalue weighted by Crippen LogP contribution is 2.26. The number of β-amino-alcohol motifs (C(OH)–C–C–N with tert-alkyl or cyclic N) is 1. The molecule has 1 aromatic carbocycles. The third-order valence-corrected chi connectivity index (χ3v) is 4.90. The fraction of sp³-hybridized carbons (Fsp3) is 0.467. The summed E-state index contributed by atoms with van der Waals surface area (Å²) >= 11 is 1.25. The molecule has 0 saturated carbocycles. The molecule has 1 aliphatic rings. The lowest BCUT2D eigenvalue weighted by Gasteiger charge is -2.33. The molecule has 118 valence electrons. The summed E-state index contributed by atoms with van der Waals surface area (Å²) in [6.07, 6.45) is 0.501. The topological polar surface area (TPSA) is 65.5 Å². The number of hydrogen-bond acceptors (Lipinski definition) is 5. The molecule has 2 aromatic rings. The molecule has 22 heavy (non-hydrogen) atoms. The molecule has 5 nitrogen and oxygen atoms in total. The van der Waals surface area contributed by atoms with Gasteiger partial charge in [-0.2, -0.15) is 0 Å². The maximum absolute atomic E-state index is 13.1. The highest BCUT2D eigenvalue weighted by molar-refractivity contribution is 7.22. The zero-order chi connectivity index (χ0) is 15.7. The van der Waals surface area contributed by atoms with Crippen LogP contribution in [0.5, 0.6) is 0 Å². The number of nitrogens with zero attached hydrogens (tertiary/aromatic N) is 2. The van der Waals surface area contributed by atoms with Crippen LogP contribution in [0.15, 0.2) is 18.2 Å². The van der Waals surface area contributed by atoms with Crippen LogP contribution >= 0.6 is 11.3 Å². The van der Waals surface area contributed by atoms with E-state index in [1.807, 2.05) is 11.8 Å². The maximum Gasteiger partial charge on any atom is 0.240 e. The zero-order valence-electron chi connectivity index (χ0n) is 12.3. The van der Waals surface area contributed by atoms with Crippen LogP contribution in [-0.2, 0) is 4.79 Å². The summed E-state index contributed by atoms with van der Waals surface area (Å²) in [6.45, 7) is 3.56. The predicted octanol–water partition coefficient (Wildman–Crippen LogP) is 2.08. The quantitative estimate of drug-likeness (QED) is 0.908. The highest BCUT2D eigenvalue weighted by atomic mass is 32.1. The van der Waals surface area contributed by atoms with E-state index in [-0.39, 0.29) is 30.3 Å². The summed E-state index contributed by atoms with van der Waals surface area (Å²) in [7, 11) is 0. The second kappa shape index (κ2) is 6.28. The Bertz CT molecular complexity index is 690. The van der Waals surface area contributed by atoms with Gasteiger partial charge in [0.2, 0.25) is 5.91 Å². The van der Waals surface area contributed by atoms with Gasteiger partial charge in [-0.05, 0) is 37.1 Å². The van der Waals surface area contributed by atoms with Crippen molar-refractivity contribution in [2.45, 2.75) is 19.4 Å². The first-order chi connectivity index (χ1) is 10.5. The minimum Gasteiger partial charge on any atom is -0.392 e. The number of aliphatic hydroxyl groups excluding tert-OH is 1. The second-order valence-corrected chi connectivity index (χ2v) is 6.78. The molecule has 1 fully saturated rings. The number of thiazole rings is 1. The third kappa shape index (κ3) is 3.43. The van der Waals surface area contributed by atoms with Crippen molar-refractivity contribution in [2.24, 2.45) is 5.92 Å². The monoisotopic (exact) mass is 323 g/mol. The van der Waals surface area contributed by atoms with E-state index >= 15 is 0 Å². The van der Waals surface area contributed by atoms with E-state index in [0.717, 1.165) is 13.0 Å². The van der Waals surface area contributed by atoms with Gasteiger partial charge in [0, 0.05) is 6.54 Å². The van der Waals surface area contributed by atoms with Gasteiger partial charge < -0.3 is 10.4 Å². The summed E-state index contributed by atoms with van der Waals surface area (Å²) < 4.78 is 13.9. The molecule has 2 atom stereocenters. The molecular formula is C15H18FN3O2S. The summed E-state index contributed by atoms with van der Waals surface area (Å²) in [6, 6.07) is 4.36. The number of rotatable bonds is 3. The Balaban J connectivity index is 1.61. The molecule has 0 radical (unpaired) electrons. The Morgan fingerprint density at radius 2 is 2.41 bits per heavy atom. The first kappa shape index (κ1) is 15.3. The van der Waals surface area contributed by atoms with Gasteiger partial charge in [0.15, 0.2) is 5.13 Å². The molecule has 2 unspecified atom stereocenters. The van der Waals surface area contributed by atoms with Crippen LogP contribution in [0.2, 0.25) is 0 Å². The van der Waals surface area contributed by atoms with Crippen LogP contribution in [-0.4, -0.2) is 46.6 Å². The van der Waals surface area contributed by atoms with Crippen molar-refractivity contribution in [3.05, 3.63) is 24.0 Å². The number of aliphatic hydroxyl groups is 1. The van der Waals surface area contributed by atoms with Crippen LogP contribution < -0.4 is 5.32 Å². The van der Waals surface area contributed by atoms with Gasteiger partial charge in [-0.3, -0.25) is 9.69 Å². The number of piperidine rings is 1. The molecule has 1 amide bonds. The van der Waals surface area contributed by atoms with Gasteiger partial charge in [0.25, 0.3) is 0 Å². The van der Waals surface area contributed by atoms with Gasteiger partial charge in [-0.1, -0.05) is 18.3 Å². The lowest BCUT2D eigenvalue weighted by atomic mass is 9.96. The van der Waals surface area contributed by atoms with Crippen molar-refractivity contribution in [3.63, 3.8) is 0 Å². The number of nitrogens with one attached hydrogen (secondary N) is 1. The molecule has 1 saturated heterocycles. The van der Waals surface area contributed by atoms with E-state index in [0.29, 0.717) is 21.9 Å². The van der Waals surface area contributed by atoms with Crippen LogP contribution in [0.1, 0.15) is 13.3 Å². The molecule has 0 aliphatic carbocycles. The number of aromatic nitrogens is 1. The van der Waals surface area contributed by atoms with Crippen molar-refractivity contribution in [2.75, 3.05) is 25.0 Å². The number of carbonyl (C=O) groups excluding carboxylic acids is 1. The molecule has 7 heteroatoms. The van der Waals surface area contributed by atoms with E-state index in [2.05, 4.69) is 10.3 Å². The lowest BCUT2D eigenvalue weighted by Crippen LogP contribution is -2.45. The first-order valence-corrected chi connectivity index (χ1v) is 8.09. The van der Waals surface area contributed by atoms with Crippen molar-refractivity contribution in [3.8, 4) is 0 Å². The Kier molecular flexibility index (Phi) is 4.37. The van der Waals surface area contributed by atoms with Gasteiger partial charge in [0.1, 0.15) is 5.82 Å². The Morgan fingerprint density at radius 1 is 1.59 bits per heavy atom. The molecule has 2 N–H and O–H groups in total. The number of amides is 1. The van der Waals surface area contributed by atoms with Gasteiger partial charge in [-0.15, -0.1) is 0 Å². The maximum atomic E-state index is 13.1. The number of fused-ring (bicyclic) bond motifs is 1. The van der Waals surface area contributed by atoms with E-state index in [1.165, 1.54) is 23.5 Å². The summed E-state index contributed by atoms with van der Waals surface area (Å²) in [4.78, 5) is 18.3. The number of anilines is 1. The van der Waals surface area contributed by atoms with Crippen molar-refractivity contribution < 1.29 is 14.3 Å². The standard InChI is InChI=1S/C15H18FN3O2S/c1-9-4-5-19(7-12(9)20)8-14(21)18-15-17-11-3-2-10(16)6-13(11)22-15/h2-3,6,9,12,20H,4-5,7-8H2,1H3,(H,17,18,21). The molecule has 1 aliphatic heterocycles. The van der Waals surface area contributed by atoms with E-state index < -0.39 is 0 Å². The van der Waals surface area contributed by atoms with E-state index in [1.54, 1.807) is 6.07 Å². The fourth-order valence-corrected chi connectivity index (χ4v) is 3.48. The van der Waals surface area contributed by atoms with Gasteiger partial charge >= 0.3 is 0 Å². The molecular weight excluding hydrogens is 305 g/mol. The summed E-state index contributed by atoms with van der Waals surface area (Å²) in [5.41, 5.74) is 0.670. The van der Waals surface area contributed by atoms with Crippen LogP contribution in [0.25, 0.3) is 10.2 Å². The van der Waals surface area contributed by atoms with E-state index in [9.17, 15) is 14.3 Å². The van der Waals surface area contributed by atoms with Crippen molar-refractivity contribution >= 4 is 32.6 Å². The fourth-order valence-electron chi connectivity index (χ4n) is 2.57. The van der Waals surface area contributed by atoms with Crippen LogP contribution in [0.3, 0.4) is 0 Å². The number of likely N-dealkylation sites (tertiary alicyclic amines) is 1. The zero-order valence-corrected chi connectivity index (χ0v) is 13.1. The largest absolute Gasteiger partial charge is 0.392 e. The number of benzene rings is 1. The third-order valence-electron chi connectivity index (χ3n) is 3.97. The van der Waals surface area contributed by atoms with Crippen molar-refractivity contribution in [1.82, 2.24) is 9.88 Å². The lowest BCUT2D eigenvalue weighted by molar-refractivity contribution is -0.118. The van der Waals surface area contributed by atoms with Crippen molar-refractivity contribution in [1.29, 1.82) is 0 Å². The summed E-state index contributed by atoms with van der Waals surface area (Å²) in [5.74, 6) is -0.204. The molecule has 1 aromatic heterocycles. The highest BCUT2D eigenvalue weighted by Gasteiger charge is 2.25. The normalized spacial score (nSPS) is 22.9. The Labute approximate surface area is 131 Å². The number of halogens is 1. The van der Waals surface area contributed by atoms with Gasteiger partial charge in [-0.25, -0.2) is 9.37 Å². The average molecular weight is 323 g/mol. The molecule has 0 bridgehead atoms. The number of hydrogen-bond donors (Lipinski definition) is 2. The second-order valence-electron chi connectivity index (χ2n) is 5.75. The summed E-state index contributed by atoms with van der Waals surface area (Å²) in [5, 5.41) is 13.1. The van der Waals surface area contributed by atoms with Gasteiger partial charge in [0.05, 0.1) is 22.9 Å². The number of carbonyl (C=O) groups is 1. The molecule has 3 rings (SSSR count). The Hall–Kier alpha value is -1.57. The molecule has 2 heterocycles. The van der Waals surface area contributed by atoms with Crippen LogP contribution in [0, 0.1) is 11.7 Å². The molecule has 0 spiro atoms. The predicted molar refractivity (Wildman–Crippen MR) is 84.4 cm³/mol. The Morgan fingerprint density at radius 3 is 3.18 bits per heavy atom. The minimum atomic E-state index is -0.382. The smallest absolute Gasteiger partial charge is 0.240 e. The average Bonchev–Trinajstić information content (AvgIpc) is 2.84. The van der Waals surface area contributed by atoms with Crippen LogP contribution in [0.4, 0.5) is 9.52 Å². The SMILES string of the molecule is CC1CCN(CC(=O)Nc2nc3ccc(F)cc3s2)CC1O. The van der Waals surface area contributed by atoms with E-state index in [4.69, 9.17) is 0 Å². The first-order valence-electron chi connectivity index (χ1n) is 7.27. The minimum absolute atomic E-state index is 0.165.